The van der Waals surface area contributed by atoms with Crippen LogP contribution in [0.1, 0.15) is 10.4 Å². The summed E-state index contributed by atoms with van der Waals surface area (Å²) in [5, 5.41) is 3.18. The summed E-state index contributed by atoms with van der Waals surface area (Å²) in [5.41, 5.74) is 0.826. The van der Waals surface area contributed by atoms with E-state index in [1.165, 1.54) is 26.3 Å². The molecular weight excluding hydrogens is 440 g/mol. The second kappa shape index (κ2) is 9.28. The molecule has 1 N–H and O–H groups in total. The molecule has 9 heteroatoms. The highest BCUT2D eigenvalue weighted by Crippen LogP contribution is 2.33. The second-order valence-electron chi connectivity index (χ2n) is 6.62. The van der Waals surface area contributed by atoms with E-state index in [0.717, 1.165) is 10.6 Å². The van der Waals surface area contributed by atoms with Gasteiger partial charge in [-0.05, 0) is 48.5 Å². The summed E-state index contributed by atoms with van der Waals surface area (Å²) in [5.74, 6) is 0.762. The highest BCUT2D eigenvalue weighted by Gasteiger charge is 2.19. The number of rotatable bonds is 7. The zero-order valence-corrected chi connectivity index (χ0v) is 18.7. The molecule has 0 aromatic heterocycles. The molecule has 0 heterocycles. The molecule has 0 fully saturated rings. The maximum atomic E-state index is 13.1. The molecule has 0 saturated heterocycles. The van der Waals surface area contributed by atoms with Gasteiger partial charge in [0.05, 0.1) is 30.3 Å². The zero-order chi connectivity index (χ0) is 22.6. The third kappa shape index (κ3) is 5.48. The average Bonchev–Trinajstić information content (AvgIpc) is 2.74. The average molecular weight is 461 g/mol. The number of methoxy groups -OCH3 is 1. The van der Waals surface area contributed by atoms with Gasteiger partial charge < -0.3 is 14.8 Å². The van der Waals surface area contributed by atoms with E-state index in [1.54, 1.807) is 36.4 Å². The molecule has 0 saturated carbocycles. The molecule has 0 spiro atoms. The first-order valence-corrected chi connectivity index (χ1v) is 11.4. The third-order valence-corrected chi connectivity index (χ3v) is 5.89. The fraction of sp³-hybridized carbons (Fsp3) is 0.136. The van der Waals surface area contributed by atoms with Gasteiger partial charge in [0, 0.05) is 12.1 Å². The summed E-state index contributed by atoms with van der Waals surface area (Å²) in [7, 11) is -0.670. The molecule has 3 aromatic rings. The normalized spacial score (nSPS) is 11.0. The molecule has 0 radical (unpaired) electrons. The van der Waals surface area contributed by atoms with Crippen molar-refractivity contribution in [1.82, 2.24) is 0 Å². The van der Waals surface area contributed by atoms with Crippen molar-refractivity contribution in [3.63, 3.8) is 0 Å². The van der Waals surface area contributed by atoms with E-state index < -0.39 is 15.9 Å². The molecule has 3 aromatic carbocycles. The molecule has 3 rings (SSSR count). The van der Waals surface area contributed by atoms with Gasteiger partial charge in [0.1, 0.15) is 11.5 Å². The Morgan fingerprint density at radius 1 is 1.00 bits per heavy atom. The predicted octanol–water partition coefficient (Wildman–Crippen LogP) is 4.79. The number of hydrogen-bond acceptors (Lipinski definition) is 5. The van der Waals surface area contributed by atoms with Crippen LogP contribution in [0.15, 0.2) is 66.7 Å². The molecule has 0 aliphatic heterocycles. The van der Waals surface area contributed by atoms with Crippen molar-refractivity contribution >= 4 is 38.9 Å². The van der Waals surface area contributed by atoms with Crippen LogP contribution in [-0.4, -0.2) is 34.7 Å². The highest BCUT2D eigenvalue weighted by molar-refractivity contribution is 7.92. The van der Waals surface area contributed by atoms with Crippen molar-refractivity contribution in [2.24, 2.45) is 0 Å². The van der Waals surface area contributed by atoms with Gasteiger partial charge in [-0.1, -0.05) is 29.8 Å². The van der Waals surface area contributed by atoms with Gasteiger partial charge in [-0.2, -0.15) is 0 Å². The summed E-state index contributed by atoms with van der Waals surface area (Å²) in [6, 6.07) is 18.5. The Morgan fingerprint density at radius 2 is 1.68 bits per heavy atom. The number of halogens is 1. The van der Waals surface area contributed by atoms with Crippen molar-refractivity contribution in [3.8, 4) is 17.2 Å². The van der Waals surface area contributed by atoms with Crippen LogP contribution in [0.5, 0.6) is 17.2 Å². The minimum atomic E-state index is -3.50. The molecule has 1 amide bonds. The number of ether oxygens (including phenoxy) is 2. The van der Waals surface area contributed by atoms with E-state index in [2.05, 4.69) is 5.32 Å². The Bertz CT molecular complexity index is 1200. The number of benzene rings is 3. The summed E-state index contributed by atoms with van der Waals surface area (Å²) < 4.78 is 36.0. The van der Waals surface area contributed by atoms with Crippen LogP contribution in [0, 0.1) is 0 Å². The summed E-state index contributed by atoms with van der Waals surface area (Å²) in [6.07, 6.45) is 1.08. The first-order valence-electron chi connectivity index (χ1n) is 9.15. The van der Waals surface area contributed by atoms with E-state index >= 15 is 0 Å². The van der Waals surface area contributed by atoms with E-state index in [1.807, 2.05) is 18.2 Å². The number of anilines is 2. The number of hydrogen-bond donors (Lipinski definition) is 1. The van der Waals surface area contributed by atoms with Gasteiger partial charge in [0.2, 0.25) is 10.0 Å². The topological polar surface area (TPSA) is 84.9 Å². The van der Waals surface area contributed by atoms with Crippen molar-refractivity contribution in [3.05, 3.63) is 77.3 Å². The molecule has 162 valence electrons. The monoisotopic (exact) mass is 460 g/mol. The van der Waals surface area contributed by atoms with E-state index in [-0.39, 0.29) is 11.3 Å². The van der Waals surface area contributed by atoms with Crippen LogP contribution in [0.4, 0.5) is 11.4 Å². The van der Waals surface area contributed by atoms with Gasteiger partial charge in [0.15, 0.2) is 5.75 Å². The highest BCUT2D eigenvalue weighted by atomic mass is 35.5. The molecule has 7 nitrogen and oxygen atoms in total. The largest absolute Gasteiger partial charge is 0.496 e. The van der Waals surface area contributed by atoms with E-state index in [4.69, 9.17) is 21.1 Å². The van der Waals surface area contributed by atoms with Gasteiger partial charge in [-0.3, -0.25) is 9.10 Å². The van der Waals surface area contributed by atoms with E-state index in [0.29, 0.717) is 27.9 Å². The number of nitrogens with zero attached hydrogens (tertiary/aromatic N) is 1. The van der Waals surface area contributed by atoms with Crippen molar-refractivity contribution in [1.29, 1.82) is 0 Å². The summed E-state index contributed by atoms with van der Waals surface area (Å²) in [4.78, 5) is 13.1. The Balaban J connectivity index is 1.95. The lowest BCUT2D eigenvalue weighted by atomic mass is 10.1. The Morgan fingerprint density at radius 3 is 2.32 bits per heavy atom. The lowest BCUT2D eigenvalue weighted by molar-refractivity contribution is 0.102. The van der Waals surface area contributed by atoms with Crippen molar-refractivity contribution in [2.75, 3.05) is 30.0 Å². The predicted molar refractivity (Wildman–Crippen MR) is 122 cm³/mol. The van der Waals surface area contributed by atoms with Gasteiger partial charge in [0.25, 0.3) is 5.91 Å². The SMILES string of the molecule is COc1ccc(N(C)S(C)(=O)=O)cc1C(=O)Nc1cc(Cl)ccc1Oc1ccccc1. The van der Waals surface area contributed by atoms with Crippen molar-refractivity contribution < 1.29 is 22.7 Å². The smallest absolute Gasteiger partial charge is 0.259 e. The third-order valence-electron chi connectivity index (χ3n) is 4.45. The minimum Gasteiger partial charge on any atom is -0.496 e. The number of nitrogens with one attached hydrogen (secondary N) is 1. The van der Waals surface area contributed by atoms with Gasteiger partial charge >= 0.3 is 0 Å². The molecule has 0 atom stereocenters. The van der Waals surface area contributed by atoms with Crippen LogP contribution in [0.3, 0.4) is 0 Å². The number of sulfonamides is 1. The van der Waals surface area contributed by atoms with Crippen LogP contribution in [0.2, 0.25) is 5.02 Å². The standard InChI is InChI=1S/C22H21ClN2O5S/c1-25(31(3,27)28)16-10-12-20(29-2)18(14-16)22(26)24-19-13-15(23)9-11-21(19)30-17-7-5-4-6-8-17/h4-14H,1-3H3,(H,24,26). The molecule has 0 unspecified atom stereocenters. The lowest BCUT2D eigenvalue weighted by Gasteiger charge is -2.19. The van der Waals surface area contributed by atoms with Crippen LogP contribution in [0.25, 0.3) is 0 Å². The fourth-order valence-electron chi connectivity index (χ4n) is 2.75. The number of amides is 1. The first-order chi connectivity index (χ1) is 14.7. The number of carbonyl (C=O) groups excluding carboxylic acids is 1. The number of para-hydroxylation sites is 1. The van der Waals surface area contributed by atoms with E-state index in [9.17, 15) is 13.2 Å². The summed E-state index contributed by atoms with van der Waals surface area (Å²) in [6.45, 7) is 0. The maximum Gasteiger partial charge on any atom is 0.259 e. The Kier molecular flexibility index (Phi) is 6.72. The second-order valence-corrected chi connectivity index (χ2v) is 9.07. The molecule has 0 aliphatic carbocycles. The molecule has 31 heavy (non-hydrogen) atoms. The quantitative estimate of drug-likeness (QED) is 0.548. The zero-order valence-electron chi connectivity index (χ0n) is 17.1. The lowest BCUT2D eigenvalue weighted by Crippen LogP contribution is -2.25. The van der Waals surface area contributed by atoms with Crippen LogP contribution < -0.4 is 19.1 Å². The summed E-state index contributed by atoms with van der Waals surface area (Å²) >= 11 is 6.12. The van der Waals surface area contributed by atoms with Gasteiger partial charge in [-0.15, -0.1) is 0 Å². The Hall–Kier alpha value is -3.23. The van der Waals surface area contributed by atoms with Crippen molar-refractivity contribution in [2.45, 2.75) is 0 Å². The number of carbonyl (C=O) groups is 1. The Labute approximate surface area is 186 Å². The van der Waals surface area contributed by atoms with Gasteiger partial charge in [-0.25, -0.2) is 8.42 Å². The minimum absolute atomic E-state index is 0.154. The molecule has 0 bridgehead atoms. The fourth-order valence-corrected chi connectivity index (χ4v) is 3.42. The molecular formula is C22H21ClN2O5S. The van der Waals surface area contributed by atoms with Crippen LogP contribution >= 0.6 is 11.6 Å². The maximum absolute atomic E-state index is 13.1. The molecule has 0 aliphatic rings. The first kappa shape index (κ1) is 22.5. The van der Waals surface area contributed by atoms with Crippen LogP contribution in [-0.2, 0) is 10.0 Å².